The van der Waals surface area contributed by atoms with Gasteiger partial charge in [-0.05, 0) is 39.2 Å². The van der Waals surface area contributed by atoms with Crippen molar-refractivity contribution >= 4 is 5.78 Å². The number of rotatable bonds is 6. The summed E-state index contributed by atoms with van der Waals surface area (Å²) < 4.78 is 12.4. The molecule has 1 heterocycles. The van der Waals surface area contributed by atoms with Gasteiger partial charge in [0.25, 0.3) is 0 Å². The minimum atomic E-state index is -0.501. The molecule has 2 rings (SSSR count). The van der Waals surface area contributed by atoms with E-state index in [-0.39, 0.29) is 23.5 Å². The zero-order valence-electron chi connectivity index (χ0n) is 17.2. The molecule has 1 saturated heterocycles. The maximum atomic E-state index is 13.0. The number of Topliss-reactive ketones (excluding diaryl/α,β-unsaturated/α-hetero) is 1. The largest absolute Gasteiger partial charge is 0.370 e. The van der Waals surface area contributed by atoms with Crippen molar-refractivity contribution in [3.8, 4) is 0 Å². The van der Waals surface area contributed by atoms with Crippen LogP contribution in [0, 0.1) is 5.41 Å². The molecule has 1 aromatic carbocycles. The Morgan fingerprint density at radius 2 is 1.77 bits per heavy atom. The molecule has 26 heavy (non-hydrogen) atoms. The molecule has 3 atom stereocenters. The summed E-state index contributed by atoms with van der Waals surface area (Å²) in [5.74, 6) is 0.121. The number of benzene rings is 1. The number of hydrogen-bond acceptors (Lipinski definition) is 4. The van der Waals surface area contributed by atoms with E-state index >= 15 is 0 Å². The first-order chi connectivity index (χ1) is 12.1. The third kappa shape index (κ3) is 6.49. The summed E-state index contributed by atoms with van der Waals surface area (Å²) in [4.78, 5) is 13.0. The van der Waals surface area contributed by atoms with Gasteiger partial charge in [0.05, 0.1) is 18.8 Å². The molecule has 1 aliphatic rings. The van der Waals surface area contributed by atoms with Gasteiger partial charge in [0.1, 0.15) is 6.10 Å². The third-order valence-corrected chi connectivity index (χ3v) is 4.61. The van der Waals surface area contributed by atoms with Crippen molar-refractivity contribution in [2.75, 3.05) is 6.54 Å². The van der Waals surface area contributed by atoms with E-state index in [0.717, 1.165) is 24.9 Å². The number of carbonyl (C=O) groups is 1. The van der Waals surface area contributed by atoms with E-state index in [1.54, 1.807) is 0 Å². The number of carbonyl (C=O) groups excluding carboxylic acids is 1. The number of hydrogen-bond donors (Lipinski definition) is 1. The van der Waals surface area contributed by atoms with Gasteiger partial charge in [-0.3, -0.25) is 4.79 Å². The van der Waals surface area contributed by atoms with E-state index in [2.05, 4.69) is 26.1 Å². The Hall–Kier alpha value is -1.23. The maximum Gasteiger partial charge on any atom is 0.169 e. The van der Waals surface area contributed by atoms with Crippen LogP contribution in [0.4, 0.5) is 0 Å². The second-order valence-electron chi connectivity index (χ2n) is 9.34. The molecule has 146 valence electrons. The van der Waals surface area contributed by atoms with Crippen LogP contribution in [0.2, 0.25) is 0 Å². The standard InChI is InChI=1S/C22H35NO3/c1-21(2,3)20(24)19-18(25-15-16-10-8-7-9-11-16)13-12-17(26-19)14-23-22(4,5)6/h7-11,17-19,23H,12-15H2,1-6H3/t17-,18+,19+/m1/s1. The topological polar surface area (TPSA) is 47.6 Å². The Bertz CT molecular complexity index is 571. The fraction of sp³-hybridized carbons (Fsp3) is 0.682. The van der Waals surface area contributed by atoms with E-state index in [9.17, 15) is 4.79 Å². The van der Waals surface area contributed by atoms with Crippen LogP contribution in [0.5, 0.6) is 0 Å². The minimum Gasteiger partial charge on any atom is -0.370 e. The van der Waals surface area contributed by atoms with Crippen LogP contribution < -0.4 is 5.32 Å². The predicted molar refractivity (Wildman–Crippen MR) is 105 cm³/mol. The Kier molecular flexibility index (Phi) is 7.00. The molecule has 0 amide bonds. The molecule has 4 heteroatoms. The van der Waals surface area contributed by atoms with E-state index in [4.69, 9.17) is 9.47 Å². The molecule has 0 radical (unpaired) electrons. The summed E-state index contributed by atoms with van der Waals surface area (Å²) in [7, 11) is 0. The van der Waals surface area contributed by atoms with Crippen molar-refractivity contribution in [3.05, 3.63) is 35.9 Å². The Morgan fingerprint density at radius 3 is 2.35 bits per heavy atom. The molecule has 1 fully saturated rings. The molecule has 0 saturated carbocycles. The van der Waals surface area contributed by atoms with Gasteiger partial charge < -0.3 is 14.8 Å². The fourth-order valence-electron chi connectivity index (χ4n) is 3.04. The highest BCUT2D eigenvalue weighted by molar-refractivity contribution is 5.88. The van der Waals surface area contributed by atoms with Crippen LogP contribution in [0.3, 0.4) is 0 Å². The highest BCUT2D eigenvalue weighted by Gasteiger charge is 2.41. The van der Waals surface area contributed by atoms with Crippen LogP contribution in [-0.4, -0.2) is 36.2 Å². The lowest BCUT2D eigenvalue weighted by Crippen LogP contribution is -2.52. The number of ether oxygens (including phenoxy) is 2. The zero-order chi connectivity index (χ0) is 19.4. The molecule has 1 N–H and O–H groups in total. The molecule has 0 aliphatic carbocycles. The highest BCUT2D eigenvalue weighted by atomic mass is 16.6. The molecule has 0 bridgehead atoms. The van der Waals surface area contributed by atoms with Gasteiger partial charge in [0.15, 0.2) is 5.78 Å². The van der Waals surface area contributed by atoms with Gasteiger partial charge >= 0.3 is 0 Å². The monoisotopic (exact) mass is 361 g/mol. The Morgan fingerprint density at radius 1 is 1.12 bits per heavy atom. The maximum absolute atomic E-state index is 13.0. The predicted octanol–water partition coefficient (Wildman–Crippen LogP) is 4.12. The fourth-order valence-corrected chi connectivity index (χ4v) is 3.04. The van der Waals surface area contributed by atoms with Crippen LogP contribution in [0.25, 0.3) is 0 Å². The lowest BCUT2D eigenvalue weighted by molar-refractivity contribution is -0.172. The van der Waals surface area contributed by atoms with Crippen molar-refractivity contribution in [1.82, 2.24) is 5.32 Å². The SMILES string of the molecule is CC(C)(C)NC[C@H]1CC[C@H](OCc2ccccc2)[C@@H](C(=O)C(C)(C)C)O1. The summed E-state index contributed by atoms with van der Waals surface area (Å²) >= 11 is 0. The highest BCUT2D eigenvalue weighted by Crippen LogP contribution is 2.29. The van der Waals surface area contributed by atoms with Gasteiger partial charge in [-0.1, -0.05) is 51.1 Å². The molecular weight excluding hydrogens is 326 g/mol. The molecule has 1 aliphatic heterocycles. The van der Waals surface area contributed by atoms with Crippen LogP contribution in [0.15, 0.2) is 30.3 Å². The Labute approximate surface area is 158 Å². The van der Waals surface area contributed by atoms with Crippen molar-refractivity contribution in [1.29, 1.82) is 0 Å². The summed E-state index contributed by atoms with van der Waals surface area (Å²) in [6.07, 6.45) is 1.10. The first-order valence-electron chi connectivity index (χ1n) is 9.66. The molecule has 4 nitrogen and oxygen atoms in total. The lowest BCUT2D eigenvalue weighted by Gasteiger charge is -2.39. The lowest BCUT2D eigenvalue weighted by atomic mass is 9.83. The van der Waals surface area contributed by atoms with Gasteiger partial charge in [-0.2, -0.15) is 0 Å². The molecule has 1 aromatic rings. The van der Waals surface area contributed by atoms with Gasteiger partial charge in [-0.25, -0.2) is 0 Å². The third-order valence-electron chi connectivity index (χ3n) is 4.61. The van der Waals surface area contributed by atoms with E-state index < -0.39 is 11.5 Å². The quantitative estimate of drug-likeness (QED) is 0.828. The number of ketones is 1. The Balaban J connectivity index is 2.03. The first-order valence-corrected chi connectivity index (χ1v) is 9.66. The van der Waals surface area contributed by atoms with Crippen LogP contribution >= 0.6 is 0 Å². The second kappa shape index (κ2) is 8.64. The van der Waals surface area contributed by atoms with Gasteiger partial charge in [0, 0.05) is 17.5 Å². The average Bonchev–Trinajstić information content (AvgIpc) is 2.57. The summed E-state index contributed by atoms with van der Waals surface area (Å²) in [6.45, 7) is 13.5. The van der Waals surface area contributed by atoms with E-state index in [1.165, 1.54) is 0 Å². The number of nitrogens with one attached hydrogen (secondary N) is 1. The van der Waals surface area contributed by atoms with Gasteiger partial charge in [-0.15, -0.1) is 0 Å². The smallest absolute Gasteiger partial charge is 0.169 e. The van der Waals surface area contributed by atoms with Crippen LogP contribution in [-0.2, 0) is 20.9 Å². The zero-order valence-corrected chi connectivity index (χ0v) is 17.2. The average molecular weight is 362 g/mol. The van der Waals surface area contributed by atoms with Crippen molar-refractivity contribution in [2.45, 2.75) is 84.8 Å². The first kappa shape index (κ1) is 21.1. The van der Waals surface area contributed by atoms with Gasteiger partial charge in [0.2, 0.25) is 0 Å². The second-order valence-corrected chi connectivity index (χ2v) is 9.34. The molecule has 0 unspecified atom stereocenters. The van der Waals surface area contributed by atoms with Crippen molar-refractivity contribution in [3.63, 3.8) is 0 Å². The molecule has 0 aromatic heterocycles. The molecule has 0 spiro atoms. The minimum absolute atomic E-state index is 0.0353. The van der Waals surface area contributed by atoms with Crippen molar-refractivity contribution < 1.29 is 14.3 Å². The van der Waals surface area contributed by atoms with Crippen LogP contribution in [0.1, 0.15) is 59.9 Å². The van der Waals surface area contributed by atoms with E-state index in [1.807, 2.05) is 51.1 Å². The summed E-state index contributed by atoms with van der Waals surface area (Å²) in [6, 6.07) is 10.1. The summed E-state index contributed by atoms with van der Waals surface area (Å²) in [5, 5.41) is 3.49. The van der Waals surface area contributed by atoms with E-state index in [0.29, 0.717) is 6.61 Å². The normalized spacial score (nSPS) is 24.5. The van der Waals surface area contributed by atoms with Crippen molar-refractivity contribution in [2.24, 2.45) is 5.41 Å². The summed E-state index contributed by atoms with van der Waals surface area (Å²) in [5.41, 5.74) is 0.706. The molecular formula is C22H35NO3.